The van der Waals surface area contributed by atoms with Crippen molar-refractivity contribution in [3.8, 4) is 11.1 Å². The summed E-state index contributed by atoms with van der Waals surface area (Å²) in [6.45, 7) is 0. The summed E-state index contributed by atoms with van der Waals surface area (Å²) in [5.41, 5.74) is 5.39. The molecule has 3 aromatic rings. The Morgan fingerprint density at radius 3 is 1.92 bits per heavy atom. The highest BCUT2D eigenvalue weighted by molar-refractivity contribution is 8.09. The fourth-order valence-corrected chi connectivity index (χ4v) is 5.66. The Balaban J connectivity index is 1.70. The molecule has 1 aliphatic heterocycles. The van der Waals surface area contributed by atoms with E-state index in [1.54, 1.807) is 0 Å². The average Bonchev–Trinajstić information content (AvgIpc) is 3.41. The lowest BCUT2D eigenvalue weighted by Crippen LogP contribution is -2.21. The maximum atomic E-state index is 2.38. The molecule has 0 radical (unpaired) electrons. The molecule has 0 aromatic heterocycles. The molecular formula is C24H18S. The molecule has 2 aliphatic rings. The van der Waals surface area contributed by atoms with Gasteiger partial charge < -0.3 is 0 Å². The molecule has 1 aliphatic carbocycles. The Hall–Kier alpha value is -2.51. The van der Waals surface area contributed by atoms with Crippen LogP contribution in [-0.2, 0) is 9.49 Å². The molecule has 2 unspecified atom stereocenters. The number of hydrogen-bond acceptors (Lipinski definition) is 1. The summed E-state index contributed by atoms with van der Waals surface area (Å²) in [5, 5.41) is 0. The van der Waals surface area contributed by atoms with Crippen molar-refractivity contribution in [1.82, 2.24) is 0 Å². The van der Waals surface area contributed by atoms with Crippen molar-refractivity contribution in [3.63, 3.8) is 0 Å². The second-order valence-corrected chi connectivity index (χ2v) is 8.06. The first kappa shape index (κ1) is 14.8. The van der Waals surface area contributed by atoms with Crippen molar-refractivity contribution in [2.75, 3.05) is 0 Å². The maximum Gasteiger partial charge on any atom is 0.0833 e. The van der Waals surface area contributed by atoms with Gasteiger partial charge in [0.1, 0.15) is 0 Å². The van der Waals surface area contributed by atoms with Gasteiger partial charge in [0.25, 0.3) is 0 Å². The van der Waals surface area contributed by atoms with Gasteiger partial charge in [0.05, 0.1) is 9.49 Å². The van der Waals surface area contributed by atoms with Gasteiger partial charge in [-0.2, -0.15) is 0 Å². The molecule has 1 saturated heterocycles. The van der Waals surface area contributed by atoms with Crippen LogP contribution in [0.2, 0.25) is 0 Å². The predicted molar refractivity (Wildman–Crippen MR) is 108 cm³/mol. The van der Waals surface area contributed by atoms with Crippen molar-refractivity contribution in [2.24, 2.45) is 0 Å². The van der Waals surface area contributed by atoms with Crippen LogP contribution in [0.25, 0.3) is 11.1 Å². The number of thioether (sulfide) groups is 1. The zero-order valence-electron chi connectivity index (χ0n) is 13.8. The molecule has 0 spiro atoms. The fourth-order valence-electron chi connectivity index (χ4n) is 4.00. The molecule has 0 N–H and O–H groups in total. The van der Waals surface area contributed by atoms with Gasteiger partial charge in [-0.05, 0) is 22.3 Å². The Kier molecular flexibility index (Phi) is 3.26. The standard InChI is InChI=1S/C24H18S/c1-3-11-19(12-4-1)21-15-7-8-16-22(21)24-18-10-9-17-23(24,25-24)20-13-5-2-6-14-20/h1-18H. The minimum atomic E-state index is -0.0183. The number of benzene rings is 3. The zero-order valence-corrected chi connectivity index (χ0v) is 14.6. The highest BCUT2D eigenvalue weighted by Crippen LogP contribution is 2.78. The van der Waals surface area contributed by atoms with Gasteiger partial charge >= 0.3 is 0 Å². The number of rotatable bonds is 3. The first-order valence-electron chi connectivity index (χ1n) is 8.63. The van der Waals surface area contributed by atoms with Gasteiger partial charge in [-0.1, -0.05) is 109 Å². The summed E-state index contributed by atoms with van der Waals surface area (Å²) in [7, 11) is 0. The lowest BCUT2D eigenvalue weighted by Gasteiger charge is -2.24. The maximum absolute atomic E-state index is 2.38. The van der Waals surface area contributed by atoms with Gasteiger partial charge in [0.2, 0.25) is 0 Å². The van der Waals surface area contributed by atoms with Crippen LogP contribution in [0.15, 0.2) is 109 Å². The minimum Gasteiger partial charge on any atom is -0.126 e. The lowest BCUT2D eigenvalue weighted by molar-refractivity contribution is 0.727. The molecule has 0 saturated carbocycles. The summed E-state index contributed by atoms with van der Waals surface area (Å²) in [6, 6.07) is 30.4. The lowest BCUT2D eigenvalue weighted by atomic mass is 9.77. The van der Waals surface area contributed by atoms with Crippen molar-refractivity contribution < 1.29 is 0 Å². The number of fused-ring (bicyclic) bond motifs is 1. The molecule has 120 valence electrons. The number of hydrogen-bond donors (Lipinski definition) is 0. The van der Waals surface area contributed by atoms with Crippen molar-refractivity contribution in [1.29, 1.82) is 0 Å². The molecule has 0 nitrogen and oxygen atoms in total. The molecule has 1 heterocycles. The third-order valence-electron chi connectivity index (χ3n) is 5.22. The minimum absolute atomic E-state index is 0.00783. The van der Waals surface area contributed by atoms with Gasteiger partial charge in [-0.15, -0.1) is 11.8 Å². The Morgan fingerprint density at radius 1 is 0.560 bits per heavy atom. The van der Waals surface area contributed by atoms with E-state index in [0.29, 0.717) is 0 Å². The number of allylic oxidation sites excluding steroid dienone is 2. The first-order valence-corrected chi connectivity index (χ1v) is 9.45. The van der Waals surface area contributed by atoms with Crippen molar-refractivity contribution in [3.05, 3.63) is 120 Å². The van der Waals surface area contributed by atoms with Gasteiger partial charge in [-0.25, -0.2) is 0 Å². The monoisotopic (exact) mass is 338 g/mol. The van der Waals surface area contributed by atoms with E-state index in [0.717, 1.165) is 0 Å². The van der Waals surface area contributed by atoms with E-state index in [1.807, 2.05) is 11.8 Å². The summed E-state index contributed by atoms with van der Waals surface area (Å²) in [4.78, 5) is 0. The first-order chi connectivity index (χ1) is 12.4. The van der Waals surface area contributed by atoms with E-state index in [1.165, 1.54) is 22.3 Å². The molecule has 0 bridgehead atoms. The van der Waals surface area contributed by atoms with Gasteiger partial charge in [-0.3, -0.25) is 0 Å². The summed E-state index contributed by atoms with van der Waals surface area (Å²) >= 11 is 2.04. The molecule has 1 heteroatoms. The summed E-state index contributed by atoms with van der Waals surface area (Å²) in [6.07, 6.45) is 9.14. The average molecular weight is 338 g/mol. The molecule has 0 amide bonds. The summed E-state index contributed by atoms with van der Waals surface area (Å²) < 4.78 is -0.0105. The van der Waals surface area contributed by atoms with Crippen LogP contribution in [0, 0.1) is 0 Å². The summed E-state index contributed by atoms with van der Waals surface area (Å²) in [5.74, 6) is 0. The second-order valence-electron chi connectivity index (χ2n) is 6.57. The van der Waals surface area contributed by atoms with Crippen molar-refractivity contribution in [2.45, 2.75) is 9.49 Å². The van der Waals surface area contributed by atoms with E-state index in [9.17, 15) is 0 Å². The van der Waals surface area contributed by atoms with Crippen LogP contribution in [0.5, 0.6) is 0 Å². The van der Waals surface area contributed by atoms with Crippen LogP contribution in [0.4, 0.5) is 0 Å². The van der Waals surface area contributed by atoms with E-state index in [-0.39, 0.29) is 9.49 Å². The Labute approximate surface area is 152 Å². The SMILES string of the molecule is C1=CC2(c3ccccc3)SC2(c2ccccc2-c2ccccc2)C=C1. The topological polar surface area (TPSA) is 0 Å². The highest BCUT2D eigenvalue weighted by Gasteiger charge is 2.68. The molecule has 5 rings (SSSR count). The second kappa shape index (κ2) is 5.50. The van der Waals surface area contributed by atoms with E-state index >= 15 is 0 Å². The molecule has 25 heavy (non-hydrogen) atoms. The third-order valence-corrected chi connectivity index (χ3v) is 7.03. The predicted octanol–water partition coefficient (Wildman–Crippen LogP) is 6.32. The van der Waals surface area contributed by atoms with Crippen LogP contribution < -0.4 is 0 Å². The quantitative estimate of drug-likeness (QED) is 0.504. The van der Waals surface area contributed by atoms with Crippen LogP contribution >= 0.6 is 11.8 Å². The molecule has 1 fully saturated rings. The normalized spacial score (nSPS) is 26.2. The van der Waals surface area contributed by atoms with Crippen LogP contribution in [0.1, 0.15) is 11.1 Å². The van der Waals surface area contributed by atoms with Crippen molar-refractivity contribution >= 4 is 11.8 Å². The molecular weight excluding hydrogens is 320 g/mol. The highest BCUT2D eigenvalue weighted by atomic mass is 32.2. The molecule has 2 atom stereocenters. The van der Waals surface area contributed by atoms with Gasteiger partial charge in [0, 0.05) is 0 Å². The Morgan fingerprint density at radius 2 is 1.16 bits per heavy atom. The van der Waals surface area contributed by atoms with Crippen LogP contribution in [0.3, 0.4) is 0 Å². The molecule has 3 aromatic carbocycles. The largest absolute Gasteiger partial charge is 0.126 e. The van der Waals surface area contributed by atoms with E-state index in [4.69, 9.17) is 0 Å². The van der Waals surface area contributed by atoms with Gasteiger partial charge in [0.15, 0.2) is 0 Å². The third kappa shape index (κ3) is 2.09. The van der Waals surface area contributed by atoms with E-state index < -0.39 is 0 Å². The Bertz CT molecular complexity index is 971. The van der Waals surface area contributed by atoms with Crippen LogP contribution in [-0.4, -0.2) is 0 Å². The smallest absolute Gasteiger partial charge is 0.0833 e. The fraction of sp³-hybridized carbons (Fsp3) is 0.0833. The zero-order chi connectivity index (χ0) is 16.7. The van der Waals surface area contributed by atoms with E-state index in [2.05, 4.69) is 109 Å².